The summed E-state index contributed by atoms with van der Waals surface area (Å²) < 4.78 is 5.31. The fourth-order valence-corrected chi connectivity index (χ4v) is 1.11. The maximum atomic E-state index is 11.5. The number of hydrogen-bond acceptors (Lipinski definition) is 2. The van der Waals surface area contributed by atoms with Crippen molar-refractivity contribution in [1.29, 1.82) is 0 Å². The Balaban J connectivity index is 2.71. The molecule has 0 N–H and O–H groups in total. The molecular formula is C12H15NO2. The molecule has 0 aliphatic heterocycles. The molecule has 0 aliphatic carbocycles. The molecule has 0 aliphatic rings. The van der Waals surface area contributed by atoms with Crippen molar-refractivity contribution >= 4 is 5.91 Å². The summed E-state index contributed by atoms with van der Waals surface area (Å²) in [6.45, 7) is 4.03. The number of benzene rings is 1. The first-order valence-corrected chi connectivity index (χ1v) is 4.70. The van der Waals surface area contributed by atoms with Gasteiger partial charge in [0.15, 0.2) is 0 Å². The molecule has 1 rings (SSSR count). The lowest BCUT2D eigenvalue weighted by molar-refractivity contribution is 0.0827. The number of carbonyl (C=O) groups is 1. The third-order valence-electron chi connectivity index (χ3n) is 1.88. The van der Waals surface area contributed by atoms with E-state index in [-0.39, 0.29) is 5.91 Å². The predicted molar refractivity (Wildman–Crippen MR) is 60.2 cm³/mol. The molecule has 1 aromatic rings. The highest BCUT2D eigenvalue weighted by Gasteiger charge is 2.06. The van der Waals surface area contributed by atoms with Gasteiger partial charge in [0, 0.05) is 19.7 Å². The topological polar surface area (TPSA) is 29.5 Å². The fourth-order valence-electron chi connectivity index (χ4n) is 1.11. The normalized spacial score (nSPS) is 9.47. The summed E-state index contributed by atoms with van der Waals surface area (Å²) in [6.07, 6.45) is 1.68. The summed E-state index contributed by atoms with van der Waals surface area (Å²) >= 11 is 0. The van der Waals surface area contributed by atoms with Gasteiger partial charge >= 0.3 is 0 Å². The molecule has 0 unspecified atom stereocenters. The SMILES string of the molecule is C=CCOc1ccc(C(=O)N(C)C)cc1. The molecule has 0 bridgehead atoms. The smallest absolute Gasteiger partial charge is 0.253 e. The van der Waals surface area contributed by atoms with Crippen molar-refractivity contribution in [3.63, 3.8) is 0 Å². The number of rotatable bonds is 4. The van der Waals surface area contributed by atoms with Crippen LogP contribution in [0.25, 0.3) is 0 Å². The molecule has 0 radical (unpaired) electrons. The van der Waals surface area contributed by atoms with Crippen LogP contribution >= 0.6 is 0 Å². The van der Waals surface area contributed by atoms with Crippen LogP contribution in [-0.4, -0.2) is 31.5 Å². The van der Waals surface area contributed by atoms with Gasteiger partial charge in [-0.15, -0.1) is 0 Å². The molecule has 0 fully saturated rings. The summed E-state index contributed by atoms with van der Waals surface area (Å²) in [5.74, 6) is 0.732. The van der Waals surface area contributed by atoms with Crippen LogP contribution in [0.4, 0.5) is 0 Å². The van der Waals surface area contributed by atoms with Crippen LogP contribution in [0.15, 0.2) is 36.9 Å². The number of amides is 1. The minimum Gasteiger partial charge on any atom is -0.490 e. The van der Waals surface area contributed by atoms with Crippen LogP contribution in [0, 0.1) is 0 Å². The minimum atomic E-state index is -0.00901. The van der Waals surface area contributed by atoms with Crippen molar-refractivity contribution in [2.45, 2.75) is 0 Å². The van der Waals surface area contributed by atoms with Crippen molar-refractivity contribution in [2.24, 2.45) is 0 Å². The van der Waals surface area contributed by atoms with Crippen LogP contribution < -0.4 is 4.74 Å². The third-order valence-corrected chi connectivity index (χ3v) is 1.88. The summed E-state index contributed by atoms with van der Waals surface area (Å²) in [5, 5.41) is 0. The monoisotopic (exact) mass is 205 g/mol. The van der Waals surface area contributed by atoms with E-state index in [4.69, 9.17) is 4.74 Å². The van der Waals surface area contributed by atoms with Gasteiger partial charge in [-0.2, -0.15) is 0 Å². The maximum Gasteiger partial charge on any atom is 0.253 e. The fraction of sp³-hybridized carbons (Fsp3) is 0.250. The Bertz CT molecular complexity index is 341. The van der Waals surface area contributed by atoms with Gasteiger partial charge in [-0.05, 0) is 24.3 Å². The van der Waals surface area contributed by atoms with E-state index in [1.807, 2.05) is 0 Å². The Morgan fingerprint density at radius 3 is 2.47 bits per heavy atom. The quantitative estimate of drug-likeness (QED) is 0.703. The highest BCUT2D eigenvalue weighted by Crippen LogP contribution is 2.12. The van der Waals surface area contributed by atoms with Crippen LogP contribution in [0.2, 0.25) is 0 Å². The van der Waals surface area contributed by atoms with Gasteiger partial charge in [0.05, 0.1) is 0 Å². The van der Waals surface area contributed by atoms with E-state index >= 15 is 0 Å². The van der Waals surface area contributed by atoms with Crippen LogP contribution in [0.1, 0.15) is 10.4 Å². The zero-order valence-electron chi connectivity index (χ0n) is 9.06. The van der Waals surface area contributed by atoms with Crippen LogP contribution in [0.5, 0.6) is 5.75 Å². The van der Waals surface area contributed by atoms with E-state index in [0.29, 0.717) is 12.2 Å². The molecule has 3 nitrogen and oxygen atoms in total. The number of carbonyl (C=O) groups excluding carboxylic acids is 1. The molecule has 0 aromatic heterocycles. The van der Waals surface area contributed by atoms with E-state index in [0.717, 1.165) is 5.75 Å². The molecular weight excluding hydrogens is 190 g/mol. The van der Waals surface area contributed by atoms with Gasteiger partial charge in [0.1, 0.15) is 12.4 Å². The standard InChI is InChI=1S/C12H15NO2/c1-4-9-15-11-7-5-10(6-8-11)12(14)13(2)3/h4-8H,1,9H2,2-3H3. The maximum absolute atomic E-state index is 11.5. The molecule has 1 amide bonds. The number of nitrogens with zero attached hydrogens (tertiary/aromatic N) is 1. The van der Waals surface area contributed by atoms with Crippen molar-refractivity contribution in [3.8, 4) is 5.75 Å². The van der Waals surface area contributed by atoms with Crippen molar-refractivity contribution in [3.05, 3.63) is 42.5 Å². The zero-order valence-corrected chi connectivity index (χ0v) is 9.06. The Kier molecular flexibility index (Phi) is 3.92. The van der Waals surface area contributed by atoms with Gasteiger partial charge in [-0.1, -0.05) is 12.7 Å². The van der Waals surface area contributed by atoms with Crippen molar-refractivity contribution < 1.29 is 9.53 Å². The predicted octanol–water partition coefficient (Wildman–Crippen LogP) is 1.95. The summed E-state index contributed by atoms with van der Waals surface area (Å²) in [6, 6.07) is 7.06. The van der Waals surface area contributed by atoms with Gasteiger partial charge in [0.2, 0.25) is 0 Å². The van der Waals surface area contributed by atoms with Crippen LogP contribution in [0.3, 0.4) is 0 Å². The van der Waals surface area contributed by atoms with E-state index in [1.54, 1.807) is 49.3 Å². The zero-order chi connectivity index (χ0) is 11.3. The first-order chi connectivity index (χ1) is 7.15. The average molecular weight is 205 g/mol. The molecule has 0 spiro atoms. The molecule has 0 heterocycles. The van der Waals surface area contributed by atoms with E-state index in [1.165, 1.54) is 0 Å². The molecule has 1 aromatic carbocycles. The Morgan fingerprint density at radius 1 is 1.40 bits per heavy atom. The molecule has 0 saturated heterocycles. The Labute approximate surface area is 90.0 Å². The van der Waals surface area contributed by atoms with Crippen LogP contribution in [-0.2, 0) is 0 Å². The summed E-state index contributed by atoms with van der Waals surface area (Å²) in [5.41, 5.74) is 0.658. The second kappa shape index (κ2) is 5.20. The second-order valence-corrected chi connectivity index (χ2v) is 3.32. The summed E-state index contributed by atoms with van der Waals surface area (Å²) in [7, 11) is 3.45. The minimum absolute atomic E-state index is 0.00901. The second-order valence-electron chi connectivity index (χ2n) is 3.32. The Morgan fingerprint density at radius 2 is 2.00 bits per heavy atom. The van der Waals surface area contributed by atoms with E-state index < -0.39 is 0 Å². The molecule has 15 heavy (non-hydrogen) atoms. The van der Waals surface area contributed by atoms with Gasteiger partial charge < -0.3 is 9.64 Å². The molecule has 80 valence electrons. The van der Waals surface area contributed by atoms with Crippen molar-refractivity contribution in [1.82, 2.24) is 4.90 Å². The van der Waals surface area contributed by atoms with Gasteiger partial charge in [-0.25, -0.2) is 0 Å². The number of ether oxygens (including phenoxy) is 1. The lowest BCUT2D eigenvalue weighted by Crippen LogP contribution is -2.21. The highest BCUT2D eigenvalue weighted by molar-refractivity contribution is 5.93. The largest absolute Gasteiger partial charge is 0.490 e. The highest BCUT2D eigenvalue weighted by atomic mass is 16.5. The average Bonchev–Trinajstić information content (AvgIpc) is 2.26. The first-order valence-electron chi connectivity index (χ1n) is 4.70. The molecule has 0 atom stereocenters. The lowest BCUT2D eigenvalue weighted by Gasteiger charge is -2.10. The third kappa shape index (κ3) is 3.13. The van der Waals surface area contributed by atoms with E-state index in [9.17, 15) is 4.79 Å². The van der Waals surface area contributed by atoms with Gasteiger partial charge in [0.25, 0.3) is 5.91 Å². The Hall–Kier alpha value is -1.77. The lowest BCUT2D eigenvalue weighted by atomic mass is 10.2. The first kappa shape index (κ1) is 11.3. The molecule has 0 saturated carbocycles. The van der Waals surface area contributed by atoms with E-state index in [2.05, 4.69) is 6.58 Å². The van der Waals surface area contributed by atoms with Gasteiger partial charge in [-0.3, -0.25) is 4.79 Å². The summed E-state index contributed by atoms with van der Waals surface area (Å²) in [4.78, 5) is 13.1. The van der Waals surface area contributed by atoms with Crippen molar-refractivity contribution in [2.75, 3.05) is 20.7 Å². The molecule has 3 heteroatoms. The number of hydrogen-bond donors (Lipinski definition) is 0.